The van der Waals surface area contributed by atoms with Gasteiger partial charge in [-0.15, -0.1) is 11.3 Å². The molecule has 0 bridgehead atoms. The fourth-order valence-electron chi connectivity index (χ4n) is 3.48. The van der Waals surface area contributed by atoms with E-state index in [-0.39, 0.29) is 5.91 Å². The summed E-state index contributed by atoms with van der Waals surface area (Å²) in [5.41, 5.74) is 3.73. The van der Waals surface area contributed by atoms with E-state index in [1.807, 2.05) is 66.2 Å². The first-order valence-electron chi connectivity index (χ1n) is 9.35. The lowest BCUT2D eigenvalue weighted by atomic mass is 10.2. The highest BCUT2D eigenvalue weighted by molar-refractivity contribution is 7.20. The number of carbonyl (C=O) groups is 1. The summed E-state index contributed by atoms with van der Waals surface area (Å²) < 4.78 is 1.98. The molecule has 0 aliphatic carbocycles. The van der Waals surface area contributed by atoms with Gasteiger partial charge in [0.2, 0.25) is 0 Å². The maximum atomic E-state index is 13.0. The zero-order chi connectivity index (χ0) is 19.8. The van der Waals surface area contributed by atoms with Crippen LogP contribution < -0.4 is 5.32 Å². The van der Waals surface area contributed by atoms with Gasteiger partial charge in [0.05, 0.1) is 28.3 Å². The van der Waals surface area contributed by atoms with Gasteiger partial charge in [-0.05, 0) is 42.8 Å². The molecule has 0 unspecified atom stereocenters. The number of benzene rings is 2. The van der Waals surface area contributed by atoms with Crippen LogP contribution in [0.25, 0.3) is 21.1 Å². The van der Waals surface area contributed by atoms with Gasteiger partial charge in [0.25, 0.3) is 5.91 Å². The summed E-state index contributed by atoms with van der Waals surface area (Å²) in [6, 6.07) is 21.7. The minimum Gasteiger partial charge on any atom is -0.321 e. The van der Waals surface area contributed by atoms with Gasteiger partial charge in [0, 0.05) is 17.0 Å². The quantitative estimate of drug-likeness (QED) is 0.449. The molecule has 0 saturated heterocycles. The lowest BCUT2D eigenvalue weighted by molar-refractivity contribution is 0.103. The van der Waals surface area contributed by atoms with Gasteiger partial charge in [-0.3, -0.25) is 14.5 Å². The maximum absolute atomic E-state index is 13.0. The SMILES string of the molecule is Cc1nn(Cc2ccccc2)c2sc(C(=O)Nc3cccc4ncccc34)cc12. The topological polar surface area (TPSA) is 59.8 Å². The number of hydrogen-bond donors (Lipinski definition) is 1. The summed E-state index contributed by atoms with van der Waals surface area (Å²) in [6.45, 7) is 2.66. The fourth-order valence-corrected chi connectivity index (χ4v) is 4.54. The molecule has 6 heteroatoms. The van der Waals surface area contributed by atoms with E-state index < -0.39 is 0 Å². The normalized spacial score (nSPS) is 11.2. The number of nitrogens with zero attached hydrogens (tertiary/aromatic N) is 3. The average molecular weight is 398 g/mol. The average Bonchev–Trinajstić information content (AvgIpc) is 3.31. The number of pyridine rings is 1. The van der Waals surface area contributed by atoms with Crippen molar-refractivity contribution in [2.24, 2.45) is 0 Å². The summed E-state index contributed by atoms with van der Waals surface area (Å²) in [5, 5.41) is 9.65. The molecule has 1 N–H and O–H groups in total. The molecule has 3 aromatic heterocycles. The summed E-state index contributed by atoms with van der Waals surface area (Å²) in [6.07, 6.45) is 1.75. The zero-order valence-electron chi connectivity index (χ0n) is 15.8. The first-order valence-corrected chi connectivity index (χ1v) is 10.2. The Morgan fingerprint density at radius 1 is 1.03 bits per heavy atom. The number of aryl methyl sites for hydroxylation is 1. The highest BCUT2D eigenvalue weighted by atomic mass is 32.1. The van der Waals surface area contributed by atoms with Crippen molar-refractivity contribution >= 4 is 44.1 Å². The Bertz CT molecular complexity index is 1330. The van der Waals surface area contributed by atoms with Crippen LogP contribution in [0, 0.1) is 6.92 Å². The molecule has 29 heavy (non-hydrogen) atoms. The molecule has 5 nitrogen and oxygen atoms in total. The summed E-state index contributed by atoms with van der Waals surface area (Å²) in [4.78, 5) is 19.0. The Morgan fingerprint density at radius 3 is 2.76 bits per heavy atom. The van der Waals surface area contributed by atoms with Gasteiger partial charge >= 0.3 is 0 Å². The smallest absolute Gasteiger partial charge is 0.265 e. The molecule has 0 aliphatic heterocycles. The van der Waals surface area contributed by atoms with E-state index in [1.54, 1.807) is 6.20 Å². The monoisotopic (exact) mass is 398 g/mol. The molecule has 5 aromatic rings. The molecule has 142 valence electrons. The van der Waals surface area contributed by atoms with E-state index in [4.69, 9.17) is 0 Å². The first-order chi connectivity index (χ1) is 14.2. The number of nitrogens with one attached hydrogen (secondary N) is 1. The van der Waals surface area contributed by atoms with Gasteiger partial charge in [-0.25, -0.2) is 0 Å². The van der Waals surface area contributed by atoms with Gasteiger partial charge in [-0.2, -0.15) is 5.10 Å². The van der Waals surface area contributed by atoms with Crippen molar-refractivity contribution in [3.63, 3.8) is 0 Å². The highest BCUT2D eigenvalue weighted by Crippen LogP contribution is 2.30. The molecule has 2 aromatic carbocycles. The van der Waals surface area contributed by atoms with Crippen LogP contribution in [0.3, 0.4) is 0 Å². The second-order valence-corrected chi connectivity index (χ2v) is 7.92. The molecule has 0 spiro atoms. The van der Waals surface area contributed by atoms with Crippen LogP contribution in [-0.2, 0) is 6.54 Å². The number of carbonyl (C=O) groups excluding carboxylic acids is 1. The summed E-state index contributed by atoms with van der Waals surface area (Å²) in [7, 11) is 0. The lowest BCUT2D eigenvalue weighted by Crippen LogP contribution is -2.10. The van der Waals surface area contributed by atoms with Crippen LogP contribution in [0.2, 0.25) is 0 Å². The van der Waals surface area contributed by atoms with Crippen molar-refractivity contribution in [1.29, 1.82) is 0 Å². The van der Waals surface area contributed by atoms with Crippen LogP contribution in [0.1, 0.15) is 20.9 Å². The second kappa shape index (κ2) is 7.14. The van der Waals surface area contributed by atoms with Gasteiger partial charge < -0.3 is 5.32 Å². The number of rotatable bonds is 4. The van der Waals surface area contributed by atoms with Crippen LogP contribution in [0.15, 0.2) is 72.9 Å². The summed E-state index contributed by atoms with van der Waals surface area (Å²) in [5.74, 6) is -0.117. The highest BCUT2D eigenvalue weighted by Gasteiger charge is 2.17. The van der Waals surface area contributed by atoms with Crippen LogP contribution in [-0.4, -0.2) is 20.7 Å². The van der Waals surface area contributed by atoms with Crippen molar-refractivity contribution in [3.8, 4) is 0 Å². The predicted octanol–water partition coefficient (Wildman–Crippen LogP) is 5.26. The van der Waals surface area contributed by atoms with Crippen molar-refractivity contribution < 1.29 is 4.79 Å². The number of aromatic nitrogens is 3. The molecule has 5 rings (SSSR count). The predicted molar refractivity (Wildman–Crippen MR) is 118 cm³/mol. The molecule has 0 saturated carbocycles. The van der Waals surface area contributed by atoms with Gasteiger partial charge in [0.15, 0.2) is 0 Å². The Morgan fingerprint density at radius 2 is 1.90 bits per heavy atom. The lowest BCUT2D eigenvalue weighted by Gasteiger charge is -2.07. The molecule has 0 aliphatic rings. The number of thiophene rings is 1. The van der Waals surface area contributed by atoms with E-state index in [9.17, 15) is 4.79 Å². The number of hydrogen-bond acceptors (Lipinski definition) is 4. The molecule has 1 amide bonds. The standard InChI is InChI=1S/C23H18N4OS/c1-15-18-13-21(29-23(18)27(26-15)14-16-7-3-2-4-8-16)22(28)25-20-11-5-10-19-17(20)9-6-12-24-19/h2-13H,14H2,1H3,(H,25,28). The third kappa shape index (κ3) is 3.28. The van der Waals surface area contributed by atoms with Crippen molar-refractivity contribution in [2.45, 2.75) is 13.5 Å². The minimum absolute atomic E-state index is 0.117. The third-order valence-electron chi connectivity index (χ3n) is 4.90. The number of fused-ring (bicyclic) bond motifs is 2. The maximum Gasteiger partial charge on any atom is 0.265 e. The van der Waals surface area contributed by atoms with Crippen molar-refractivity contribution in [1.82, 2.24) is 14.8 Å². The number of anilines is 1. The second-order valence-electron chi connectivity index (χ2n) is 6.89. The van der Waals surface area contributed by atoms with E-state index in [0.29, 0.717) is 11.4 Å². The molecule has 0 radical (unpaired) electrons. The van der Waals surface area contributed by atoms with Gasteiger partial charge in [0.1, 0.15) is 4.83 Å². The van der Waals surface area contributed by atoms with Gasteiger partial charge in [-0.1, -0.05) is 36.4 Å². The fraction of sp³-hybridized carbons (Fsp3) is 0.0870. The Labute approximate surface area is 171 Å². The van der Waals surface area contributed by atoms with Crippen molar-refractivity contribution in [3.05, 3.63) is 89.1 Å². The first kappa shape index (κ1) is 17.6. The van der Waals surface area contributed by atoms with E-state index in [0.717, 1.165) is 32.5 Å². The van der Waals surface area contributed by atoms with Crippen molar-refractivity contribution in [2.75, 3.05) is 5.32 Å². The Kier molecular flexibility index (Phi) is 4.33. The molecule has 3 heterocycles. The van der Waals surface area contributed by atoms with Crippen LogP contribution >= 0.6 is 11.3 Å². The summed E-state index contributed by atoms with van der Waals surface area (Å²) >= 11 is 1.47. The molecular weight excluding hydrogens is 380 g/mol. The van der Waals surface area contributed by atoms with Crippen LogP contribution in [0.5, 0.6) is 0 Å². The largest absolute Gasteiger partial charge is 0.321 e. The van der Waals surface area contributed by atoms with E-state index in [2.05, 4.69) is 27.5 Å². The molecule has 0 fully saturated rings. The zero-order valence-corrected chi connectivity index (χ0v) is 16.6. The van der Waals surface area contributed by atoms with E-state index in [1.165, 1.54) is 16.9 Å². The third-order valence-corrected chi connectivity index (χ3v) is 6.05. The minimum atomic E-state index is -0.117. The molecular formula is C23H18N4OS. The number of amides is 1. The Balaban J connectivity index is 1.47. The Hall–Kier alpha value is -3.51. The molecule has 0 atom stereocenters. The van der Waals surface area contributed by atoms with Crippen LogP contribution in [0.4, 0.5) is 5.69 Å². The van der Waals surface area contributed by atoms with E-state index >= 15 is 0 Å².